The highest BCUT2D eigenvalue weighted by molar-refractivity contribution is 7.89. The molecular weight excluding hydrogens is 307 g/mol. The van der Waals surface area contributed by atoms with Gasteiger partial charge in [-0.05, 0) is 31.9 Å². The highest BCUT2D eigenvalue weighted by atomic mass is 32.2. The second-order valence-electron chi connectivity index (χ2n) is 5.35. The number of rotatable bonds is 3. The van der Waals surface area contributed by atoms with Crippen LogP contribution in [0.1, 0.15) is 24.7 Å². The number of benzene rings is 1. The molecule has 8 heteroatoms. The van der Waals surface area contributed by atoms with Gasteiger partial charge in [-0.2, -0.15) is 4.31 Å². The zero-order chi connectivity index (χ0) is 15.7. The first kappa shape index (κ1) is 15.1. The minimum absolute atomic E-state index is 0.182. The lowest BCUT2D eigenvalue weighted by molar-refractivity contribution is 0.270. The van der Waals surface area contributed by atoms with Gasteiger partial charge < -0.3 is 4.57 Å². The van der Waals surface area contributed by atoms with Crippen LogP contribution in [0, 0.1) is 12.7 Å². The third kappa shape index (κ3) is 2.64. The van der Waals surface area contributed by atoms with E-state index in [-0.39, 0.29) is 10.9 Å². The van der Waals surface area contributed by atoms with E-state index in [4.69, 9.17) is 0 Å². The Morgan fingerprint density at radius 2 is 1.91 bits per heavy atom. The monoisotopic (exact) mass is 324 g/mol. The summed E-state index contributed by atoms with van der Waals surface area (Å²) < 4.78 is 42.1. The predicted molar refractivity (Wildman–Crippen MR) is 78.2 cm³/mol. The number of aryl methyl sites for hydroxylation is 1. The van der Waals surface area contributed by atoms with Crippen LogP contribution in [-0.4, -0.2) is 40.6 Å². The average Bonchev–Trinajstić information content (AvgIpc) is 2.94. The first-order chi connectivity index (χ1) is 10.5. The third-order valence-corrected chi connectivity index (χ3v) is 5.96. The first-order valence-electron chi connectivity index (χ1n) is 7.11. The summed E-state index contributed by atoms with van der Waals surface area (Å²) in [7, 11) is -3.78. The Kier molecular flexibility index (Phi) is 3.96. The van der Waals surface area contributed by atoms with Crippen molar-refractivity contribution in [3.05, 3.63) is 42.2 Å². The smallest absolute Gasteiger partial charge is 0.245 e. The molecule has 0 spiro atoms. The molecule has 0 unspecified atom stereocenters. The lowest BCUT2D eigenvalue weighted by Crippen LogP contribution is -2.39. The number of aromatic nitrogens is 3. The number of halogens is 1. The second kappa shape index (κ2) is 5.77. The zero-order valence-electron chi connectivity index (χ0n) is 12.2. The molecular formula is C14H17FN4O2S. The molecule has 1 aromatic heterocycles. The van der Waals surface area contributed by atoms with Gasteiger partial charge >= 0.3 is 0 Å². The van der Waals surface area contributed by atoms with E-state index < -0.39 is 15.8 Å². The Bertz CT molecular complexity index is 767. The summed E-state index contributed by atoms with van der Waals surface area (Å²) in [5.74, 6) is 0.106. The molecule has 2 heterocycles. The maximum atomic E-state index is 13.8. The van der Waals surface area contributed by atoms with Gasteiger partial charge in [0.25, 0.3) is 0 Å². The Hall–Kier alpha value is -1.80. The van der Waals surface area contributed by atoms with Crippen LogP contribution in [0.2, 0.25) is 0 Å². The summed E-state index contributed by atoms with van der Waals surface area (Å²) in [5, 5.41) is 7.81. The Balaban J connectivity index is 1.76. The number of piperidine rings is 1. The fourth-order valence-electron chi connectivity index (χ4n) is 2.81. The molecule has 1 saturated heterocycles. The molecule has 0 N–H and O–H groups in total. The molecule has 6 nitrogen and oxygen atoms in total. The van der Waals surface area contributed by atoms with E-state index in [9.17, 15) is 12.8 Å². The van der Waals surface area contributed by atoms with Gasteiger partial charge in [-0.3, -0.25) is 0 Å². The van der Waals surface area contributed by atoms with Crippen molar-refractivity contribution >= 4 is 10.0 Å². The highest BCUT2D eigenvalue weighted by Gasteiger charge is 2.31. The second-order valence-corrected chi connectivity index (χ2v) is 7.26. The van der Waals surface area contributed by atoms with Crippen molar-refractivity contribution in [2.24, 2.45) is 0 Å². The maximum absolute atomic E-state index is 13.8. The normalized spacial score (nSPS) is 17.7. The minimum atomic E-state index is -3.78. The van der Waals surface area contributed by atoms with Gasteiger partial charge in [0.05, 0.1) is 0 Å². The molecule has 2 aromatic rings. The molecule has 1 aromatic carbocycles. The summed E-state index contributed by atoms with van der Waals surface area (Å²) in [6.45, 7) is 2.59. The largest absolute Gasteiger partial charge is 0.315 e. The van der Waals surface area contributed by atoms with Crippen LogP contribution in [0.4, 0.5) is 4.39 Å². The fraction of sp³-hybridized carbons (Fsp3) is 0.429. The Morgan fingerprint density at radius 3 is 2.50 bits per heavy atom. The van der Waals surface area contributed by atoms with Crippen molar-refractivity contribution in [1.29, 1.82) is 0 Å². The molecule has 0 radical (unpaired) electrons. The summed E-state index contributed by atoms with van der Waals surface area (Å²) in [6, 6.07) is 5.67. The van der Waals surface area contributed by atoms with Gasteiger partial charge in [-0.15, -0.1) is 10.2 Å². The number of nitrogens with zero attached hydrogens (tertiary/aromatic N) is 4. The highest BCUT2D eigenvalue weighted by Crippen LogP contribution is 2.28. The number of sulfonamides is 1. The van der Waals surface area contributed by atoms with E-state index in [0.29, 0.717) is 25.9 Å². The van der Waals surface area contributed by atoms with Crippen molar-refractivity contribution in [2.45, 2.75) is 30.7 Å². The van der Waals surface area contributed by atoms with Crippen LogP contribution in [-0.2, 0) is 10.0 Å². The predicted octanol–water partition coefficient (Wildman–Crippen LogP) is 1.75. The molecule has 0 saturated carbocycles. The van der Waals surface area contributed by atoms with E-state index in [1.807, 2.05) is 11.5 Å². The summed E-state index contributed by atoms with van der Waals surface area (Å²) in [5.41, 5.74) is 0. The number of hydrogen-bond acceptors (Lipinski definition) is 4. The van der Waals surface area contributed by atoms with Crippen LogP contribution in [0.5, 0.6) is 0 Å². The van der Waals surface area contributed by atoms with Gasteiger partial charge in [-0.1, -0.05) is 12.1 Å². The molecule has 0 aliphatic carbocycles. The molecule has 1 aliphatic rings. The molecule has 3 rings (SSSR count). The number of hydrogen-bond donors (Lipinski definition) is 0. The van der Waals surface area contributed by atoms with Gasteiger partial charge in [0, 0.05) is 19.1 Å². The quantitative estimate of drug-likeness (QED) is 0.862. The van der Waals surface area contributed by atoms with Crippen LogP contribution >= 0.6 is 0 Å². The van der Waals surface area contributed by atoms with Gasteiger partial charge in [-0.25, -0.2) is 12.8 Å². The van der Waals surface area contributed by atoms with Gasteiger partial charge in [0.2, 0.25) is 10.0 Å². The standard InChI is InChI=1S/C14H17FN4O2S/c1-11-17-16-10-19(11)12-6-8-18(9-7-12)22(20,21)14-5-3-2-4-13(14)15/h2-5,10,12H,6-9H2,1H3. The van der Waals surface area contributed by atoms with Crippen LogP contribution in [0.15, 0.2) is 35.5 Å². The van der Waals surface area contributed by atoms with Crippen LogP contribution in [0.3, 0.4) is 0 Å². The lowest BCUT2D eigenvalue weighted by Gasteiger charge is -2.32. The van der Waals surface area contributed by atoms with Crippen molar-refractivity contribution < 1.29 is 12.8 Å². The van der Waals surface area contributed by atoms with Crippen molar-refractivity contribution in [1.82, 2.24) is 19.1 Å². The lowest BCUT2D eigenvalue weighted by atomic mass is 10.1. The molecule has 1 aliphatic heterocycles. The topological polar surface area (TPSA) is 68.1 Å². The zero-order valence-corrected chi connectivity index (χ0v) is 13.0. The van der Waals surface area contributed by atoms with Crippen LogP contribution in [0.25, 0.3) is 0 Å². The molecule has 0 atom stereocenters. The minimum Gasteiger partial charge on any atom is -0.315 e. The van der Waals surface area contributed by atoms with Crippen LogP contribution < -0.4 is 0 Å². The first-order valence-corrected chi connectivity index (χ1v) is 8.55. The van der Waals surface area contributed by atoms with Gasteiger partial charge in [0.1, 0.15) is 22.9 Å². The molecule has 22 heavy (non-hydrogen) atoms. The maximum Gasteiger partial charge on any atom is 0.245 e. The van der Waals surface area contributed by atoms with Crippen molar-refractivity contribution in [3.8, 4) is 0 Å². The van der Waals surface area contributed by atoms with Gasteiger partial charge in [0.15, 0.2) is 0 Å². The molecule has 0 amide bonds. The van der Waals surface area contributed by atoms with E-state index in [1.165, 1.54) is 28.6 Å². The average molecular weight is 324 g/mol. The van der Waals surface area contributed by atoms with E-state index >= 15 is 0 Å². The summed E-state index contributed by atoms with van der Waals surface area (Å²) in [4.78, 5) is -0.256. The summed E-state index contributed by atoms with van der Waals surface area (Å²) >= 11 is 0. The van der Waals surface area contributed by atoms with E-state index in [1.54, 1.807) is 6.33 Å². The van der Waals surface area contributed by atoms with E-state index in [2.05, 4.69) is 10.2 Å². The van der Waals surface area contributed by atoms with E-state index in [0.717, 1.165) is 5.82 Å². The fourth-order valence-corrected chi connectivity index (χ4v) is 4.35. The molecule has 0 bridgehead atoms. The van der Waals surface area contributed by atoms with Crippen molar-refractivity contribution in [2.75, 3.05) is 13.1 Å². The Morgan fingerprint density at radius 1 is 1.23 bits per heavy atom. The summed E-state index contributed by atoms with van der Waals surface area (Å²) in [6.07, 6.45) is 2.99. The Labute approximate surface area is 128 Å². The SMILES string of the molecule is Cc1nncn1C1CCN(S(=O)(=O)c2ccccc2F)CC1. The third-order valence-electron chi connectivity index (χ3n) is 4.02. The van der Waals surface area contributed by atoms with Crippen molar-refractivity contribution in [3.63, 3.8) is 0 Å². The molecule has 1 fully saturated rings. The molecule has 118 valence electrons.